The fourth-order valence-corrected chi connectivity index (χ4v) is 6.17. The molecule has 1 saturated heterocycles. The standard InChI is InChI=1S/C27H30Cl2N4O4S/c1-5-17-12-22(37-3)27(29)25(26(17)28)18-7-8-21-19(11-18)13-30-23(32-21)10-16-9-20(14-31-38(4,35)36)33(15-16)24(34)6-2/h6-8,11-13,16,20,31H,2,5,9-10,14-15H2,1,3-4H3/t16-,20+/m1/s1. The highest BCUT2D eigenvalue weighted by atomic mass is 35.5. The molecule has 0 radical (unpaired) electrons. The maximum absolute atomic E-state index is 12.4. The van der Waals surface area contributed by atoms with Crippen LogP contribution in [0.4, 0.5) is 0 Å². The van der Waals surface area contributed by atoms with E-state index in [-0.39, 0.29) is 24.4 Å². The van der Waals surface area contributed by atoms with E-state index in [1.165, 1.54) is 6.08 Å². The molecule has 11 heteroatoms. The lowest BCUT2D eigenvalue weighted by atomic mass is 9.99. The van der Waals surface area contributed by atoms with Crippen molar-refractivity contribution in [2.75, 3.05) is 26.5 Å². The third-order valence-electron chi connectivity index (χ3n) is 6.77. The van der Waals surface area contributed by atoms with Crippen molar-refractivity contribution in [1.29, 1.82) is 0 Å². The van der Waals surface area contributed by atoms with Crippen LogP contribution in [0.2, 0.25) is 10.0 Å². The van der Waals surface area contributed by atoms with Gasteiger partial charge in [0.2, 0.25) is 15.9 Å². The molecular formula is C27H30Cl2N4O4S. The zero-order chi connectivity index (χ0) is 27.6. The summed E-state index contributed by atoms with van der Waals surface area (Å²) in [5.41, 5.74) is 3.27. The Morgan fingerprint density at radius 1 is 1.29 bits per heavy atom. The maximum atomic E-state index is 12.4. The minimum absolute atomic E-state index is 0.0869. The van der Waals surface area contributed by atoms with Gasteiger partial charge in [-0.3, -0.25) is 4.79 Å². The second-order valence-electron chi connectivity index (χ2n) is 9.43. The predicted molar refractivity (Wildman–Crippen MR) is 151 cm³/mol. The van der Waals surface area contributed by atoms with Crippen LogP contribution >= 0.6 is 23.2 Å². The third kappa shape index (κ3) is 6.12. The lowest BCUT2D eigenvalue weighted by Crippen LogP contribution is -2.42. The van der Waals surface area contributed by atoms with Gasteiger partial charge in [-0.2, -0.15) is 0 Å². The Morgan fingerprint density at radius 2 is 2.05 bits per heavy atom. The summed E-state index contributed by atoms with van der Waals surface area (Å²) < 4.78 is 31.1. The van der Waals surface area contributed by atoms with E-state index in [0.717, 1.165) is 34.7 Å². The number of methoxy groups -OCH3 is 1. The molecule has 2 atom stereocenters. The van der Waals surface area contributed by atoms with Crippen molar-refractivity contribution < 1.29 is 17.9 Å². The van der Waals surface area contributed by atoms with Crippen molar-refractivity contribution in [1.82, 2.24) is 19.6 Å². The van der Waals surface area contributed by atoms with Gasteiger partial charge in [-0.25, -0.2) is 23.1 Å². The highest BCUT2D eigenvalue weighted by Gasteiger charge is 2.35. The number of aryl methyl sites for hydroxylation is 1. The van der Waals surface area contributed by atoms with Crippen LogP contribution < -0.4 is 9.46 Å². The Kier molecular flexibility index (Phi) is 8.62. The van der Waals surface area contributed by atoms with Gasteiger partial charge in [0.25, 0.3) is 0 Å². The monoisotopic (exact) mass is 576 g/mol. The number of fused-ring (bicyclic) bond motifs is 1. The zero-order valence-corrected chi connectivity index (χ0v) is 23.8. The molecule has 3 aromatic rings. The molecule has 1 aromatic heterocycles. The summed E-state index contributed by atoms with van der Waals surface area (Å²) in [7, 11) is -1.79. The zero-order valence-electron chi connectivity index (χ0n) is 21.5. The first-order chi connectivity index (χ1) is 18.0. The smallest absolute Gasteiger partial charge is 0.246 e. The lowest BCUT2D eigenvalue weighted by molar-refractivity contribution is -0.126. The molecular weight excluding hydrogens is 547 g/mol. The van der Waals surface area contributed by atoms with E-state index in [9.17, 15) is 13.2 Å². The number of aromatic nitrogens is 2. The molecule has 0 aliphatic carbocycles. The molecule has 0 bridgehead atoms. The van der Waals surface area contributed by atoms with Gasteiger partial charge in [0.05, 0.1) is 28.9 Å². The minimum atomic E-state index is -3.37. The largest absolute Gasteiger partial charge is 0.495 e. The van der Waals surface area contributed by atoms with Crippen LogP contribution in [0.25, 0.3) is 22.0 Å². The van der Waals surface area contributed by atoms with Crippen LogP contribution in [-0.4, -0.2) is 61.7 Å². The summed E-state index contributed by atoms with van der Waals surface area (Å²) in [4.78, 5) is 23.4. The normalized spacial score (nSPS) is 17.7. The number of amides is 1. The van der Waals surface area contributed by atoms with Crippen molar-refractivity contribution in [2.45, 2.75) is 32.2 Å². The highest BCUT2D eigenvalue weighted by molar-refractivity contribution is 7.88. The molecule has 1 aliphatic rings. The Bertz CT molecular complexity index is 1470. The van der Waals surface area contributed by atoms with Crippen LogP contribution in [0, 0.1) is 5.92 Å². The van der Waals surface area contributed by atoms with Crippen LogP contribution in [0.5, 0.6) is 5.75 Å². The quantitative estimate of drug-likeness (QED) is 0.371. The first-order valence-electron chi connectivity index (χ1n) is 12.2. The number of ether oxygens (including phenoxy) is 1. The molecule has 8 nitrogen and oxygen atoms in total. The van der Waals surface area contributed by atoms with E-state index < -0.39 is 10.0 Å². The Balaban J connectivity index is 1.57. The summed E-state index contributed by atoms with van der Waals surface area (Å²) in [5, 5.41) is 1.88. The minimum Gasteiger partial charge on any atom is -0.495 e. The van der Waals surface area contributed by atoms with Crippen molar-refractivity contribution in [2.24, 2.45) is 5.92 Å². The highest BCUT2D eigenvalue weighted by Crippen LogP contribution is 2.43. The maximum Gasteiger partial charge on any atom is 0.246 e. The number of carbonyl (C=O) groups is 1. The van der Waals surface area contributed by atoms with Crippen molar-refractivity contribution >= 4 is 50.0 Å². The number of likely N-dealkylation sites (tertiary alicyclic amines) is 1. The second kappa shape index (κ2) is 11.6. The third-order valence-corrected chi connectivity index (χ3v) is 8.27. The molecule has 0 saturated carbocycles. The number of hydrogen-bond acceptors (Lipinski definition) is 6. The van der Waals surface area contributed by atoms with E-state index in [1.54, 1.807) is 18.2 Å². The SMILES string of the molecule is C=CC(=O)N1C[C@@H](Cc2ncc3cc(-c4c(Cl)c(CC)cc(OC)c4Cl)ccc3n2)C[C@H]1CNS(C)(=O)=O. The molecule has 4 rings (SSSR count). The van der Waals surface area contributed by atoms with Gasteiger partial charge in [-0.15, -0.1) is 0 Å². The Morgan fingerprint density at radius 3 is 2.71 bits per heavy atom. The fourth-order valence-electron chi connectivity index (χ4n) is 4.90. The first-order valence-corrected chi connectivity index (χ1v) is 14.9. The van der Waals surface area contributed by atoms with Gasteiger partial charge in [0.15, 0.2) is 0 Å². The van der Waals surface area contributed by atoms with E-state index >= 15 is 0 Å². The van der Waals surface area contributed by atoms with E-state index in [4.69, 9.17) is 32.9 Å². The van der Waals surface area contributed by atoms with Crippen LogP contribution in [0.3, 0.4) is 0 Å². The number of sulfonamides is 1. The van der Waals surface area contributed by atoms with E-state index in [2.05, 4.69) is 16.3 Å². The molecule has 1 N–H and O–H groups in total. The van der Waals surface area contributed by atoms with Crippen molar-refractivity contribution in [3.8, 4) is 16.9 Å². The Hall–Kier alpha value is -2.72. The average Bonchev–Trinajstić information content (AvgIpc) is 3.29. The van der Waals surface area contributed by atoms with E-state index in [1.807, 2.05) is 31.2 Å². The summed E-state index contributed by atoms with van der Waals surface area (Å²) in [6, 6.07) is 7.40. The number of benzene rings is 2. The summed E-state index contributed by atoms with van der Waals surface area (Å²) in [5.74, 6) is 1.09. The molecule has 1 fully saturated rings. The average molecular weight is 578 g/mol. The molecule has 38 heavy (non-hydrogen) atoms. The molecule has 2 heterocycles. The fraction of sp³-hybridized carbons (Fsp3) is 0.370. The van der Waals surface area contributed by atoms with Gasteiger partial charge >= 0.3 is 0 Å². The topological polar surface area (TPSA) is 101 Å². The Labute approximate surface area is 233 Å². The van der Waals surface area contributed by atoms with Gasteiger partial charge in [0.1, 0.15) is 11.6 Å². The lowest BCUT2D eigenvalue weighted by Gasteiger charge is -2.23. The van der Waals surface area contributed by atoms with Gasteiger partial charge in [-0.05, 0) is 54.2 Å². The van der Waals surface area contributed by atoms with Gasteiger partial charge < -0.3 is 9.64 Å². The number of halogens is 2. The second-order valence-corrected chi connectivity index (χ2v) is 12.0. The van der Waals surface area contributed by atoms with Crippen LogP contribution in [0.15, 0.2) is 43.1 Å². The van der Waals surface area contributed by atoms with Crippen molar-refractivity contribution in [3.05, 3.63) is 64.6 Å². The van der Waals surface area contributed by atoms with Crippen LogP contribution in [0.1, 0.15) is 24.7 Å². The number of carbonyl (C=O) groups excluding carboxylic acids is 1. The number of nitrogens with zero attached hydrogens (tertiary/aromatic N) is 3. The molecule has 1 amide bonds. The van der Waals surface area contributed by atoms with Crippen molar-refractivity contribution in [3.63, 3.8) is 0 Å². The van der Waals surface area contributed by atoms with Gasteiger partial charge in [0, 0.05) is 42.7 Å². The predicted octanol–water partition coefficient (Wildman–Crippen LogP) is 4.67. The summed E-state index contributed by atoms with van der Waals surface area (Å²) in [6.07, 6.45) is 6.06. The molecule has 0 unspecified atom stereocenters. The summed E-state index contributed by atoms with van der Waals surface area (Å²) in [6.45, 7) is 6.23. The molecule has 2 aromatic carbocycles. The summed E-state index contributed by atoms with van der Waals surface area (Å²) >= 11 is 13.3. The first kappa shape index (κ1) is 28.3. The molecule has 202 valence electrons. The van der Waals surface area contributed by atoms with E-state index in [0.29, 0.717) is 46.6 Å². The van der Waals surface area contributed by atoms with Crippen LogP contribution in [-0.2, 0) is 27.7 Å². The van der Waals surface area contributed by atoms with Gasteiger partial charge in [-0.1, -0.05) is 42.8 Å². The number of hydrogen-bond donors (Lipinski definition) is 1. The number of nitrogens with one attached hydrogen (secondary N) is 1. The number of rotatable bonds is 9. The molecule has 0 spiro atoms. The molecule has 1 aliphatic heterocycles.